The Hall–Kier alpha value is -1.39. The SMILES string of the molecule is OCCn1nncc1-c1ccccc1Cl. The quantitative estimate of drug-likeness (QED) is 0.860. The van der Waals surface area contributed by atoms with E-state index < -0.39 is 0 Å². The molecule has 0 saturated heterocycles. The second kappa shape index (κ2) is 4.42. The van der Waals surface area contributed by atoms with Crippen molar-refractivity contribution in [2.75, 3.05) is 6.61 Å². The van der Waals surface area contributed by atoms with Crippen molar-refractivity contribution in [2.24, 2.45) is 0 Å². The molecule has 0 saturated carbocycles. The lowest BCUT2D eigenvalue weighted by atomic mass is 10.2. The minimum absolute atomic E-state index is 0.0286. The highest BCUT2D eigenvalue weighted by Gasteiger charge is 2.08. The van der Waals surface area contributed by atoms with E-state index in [1.54, 1.807) is 10.9 Å². The molecular weight excluding hydrogens is 214 g/mol. The molecule has 78 valence electrons. The van der Waals surface area contributed by atoms with Gasteiger partial charge in [0.1, 0.15) is 0 Å². The molecule has 0 atom stereocenters. The fourth-order valence-corrected chi connectivity index (χ4v) is 1.63. The maximum Gasteiger partial charge on any atom is 0.0901 e. The van der Waals surface area contributed by atoms with Gasteiger partial charge in [-0.2, -0.15) is 0 Å². The summed E-state index contributed by atoms with van der Waals surface area (Å²) < 4.78 is 1.63. The van der Waals surface area contributed by atoms with Crippen molar-refractivity contribution < 1.29 is 5.11 Å². The highest BCUT2D eigenvalue weighted by molar-refractivity contribution is 6.33. The van der Waals surface area contributed by atoms with Crippen LogP contribution in [0.15, 0.2) is 30.5 Å². The van der Waals surface area contributed by atoms with Crippen LogP contribution in [-0.4, -0.2) is 26.7 Å². The van der Waals surface area contributed by atoms with Gasteiger partial charge in [-0.05, 0) is 6.07 Å². The van der Waals surface area contributed by atoms with Crippen LogP contribution in [0.2, 0.25) is 5.02 Å². The van der Waals surface area contributed by atoms with Crippen LogP contribution >= 0.6 is 11.6 Å². The third-order valence-corrected chi connectivity index (χ3v) is 2.41. The topological polar surface area (TPSA) is 50.9 Å². The maximum absolute atomic E-state index is 8.86. The summed E-state index contributed by atoms with van der Waals surface area (Å²) >= 11 is 6.06. The highest BCUT2D eigenvalue weighted by Crippen LogP contribution is 2.26. The summed E-state index contributed by atoms with van der Waals surface area (Å²) in [6.07, 6.45) is 1.64. The van der Waals surface area contributed by atoms with Crippen LogP contribution in [0.25, 0.3) is 11.3 Å². The molecule has 1 aromatic heterocycles. The molecular formula is C10H10ClN3O. The molecule has 0 radical (unpaired) electrons. The van der Waals surface area contributed by atoms with Crippen LogP contribution in [0.4, 0.5) is 0 Å². The van der Waals surface area contributed by atoms with E-state index in [0.29, 0.717) is 11.6 Å². The second-order valence-corrected chi connectivity index (χ2v) is 3.45. The lowest BCUT2D eigenvalue weighted by molar-refractivity contribution is 0.269. The molecule has 0 amide bonds. The first-order chi connectivity index (χ1) is 7.33. The summed E-state index contributed by atoms with van der Waals surface area (Å²) in [5.41, 5.74) is 1.69. The van der Waals surface area contributed by atoms with Crippen molar-refractivity contribution in [1.82, 2.24) is 15.0 Å². The highest BCUT2D eigenvalue weighted by atomic mass is 35.5. The van der Waals surface area contributed by atoms with E-state index in [2.05, 4.69) is 10.3 Å². The number of rotatable bonds is 3. The number of aliphatic hydroxyl groups excluding tert-OH is 1. The van der Waals surface area contributed by atoms with E-state index >= 15 is 0 Å². The third kappa shape index (κ3) is 2.00. The van der Waals surface area contributed by atoms with Crippen molar-refractivity contribution in [1.29, 1.82) is 0 Å². The Kier molecular flexibility index (Phi) is 2.99. The van der Waals surface area contributed by atoms with Gasteiger partial charge in [-0.25, -0.2) is 4.68 Å². The molecule has 2 rings (SSSR count). The zero-order valence-electron chi connectivity index (χ0n) is 7.97. The Morgan fingerprint density at radius 3 is 2.87 bits per heavy atom. The van der Waals surface area contributed by atoms with Gasteiger partial charge in [0.05, 0.1) is 30.1 Å². The van der Waals surface area contributed by atoms with Crippen molar-refractivity contribution in [3.8, 4) is 11.3 Å². The lowest BCUT2D eigenvalue weighted by Gasteiger charge is -2.05. The molecule has 1 aromatic carbocycles. The molecule has 0 bridgehead atoms. The Labute approximate surface area is 92.1 Å². The van der Waals surface area contributed by atoms with E-state index in [4.69, 9.17) is 16.7 Å². The van der Waals surface area contributed by atoms with Crippen LogP contribution in [0.1, 0.15) is 0 Å². The minimum Gasteiger partial charge on any atom is -0.394 e. The molecule has 0 spiro atoms. The van der Waals surface area contributed by atoms with Crippen LogP contribution in [0.5, 0.6) is 0 Å². The number of hydrogen-bond acceptors (Lipinski definition) is 3. The molecule has 0 aliphatic rings. The zero-order chi connectivity index (χ0) is 10.7. The zero-order valence-corrected chi connectivity index (χ0v) is 8.72. The van der Waals surface area contributed by atoms with Crippen molar-refractivity contribution >= 4 is 11.6 Å². The first-order valence-electron chi connectivity index (χ1n) is 4.57. The summed E-state index contributed by atoms with van der Waals surface area (Å²) in [5.74, 6) is 0. The first kappa shape index (κ1) is 10.1. The van der Waals surface area contributed by atoms with E-state index in [0.717, 1.165) is 11.3 Å². The minimum atomic E-state index is 0.0286. The predicted octanol–water partition coefficient (Wildman–Crippen LogP) is 1.59. The molecule has 2 aromatic rings. The summed E-state index contributed by atoms with van der Waals surface area (Å²) in [7, 11) is 0. The molecule has 0 fully saturated rings. The smallest absolute Gasteiger partial charge is 0.0901 e. The van der Waals surface area contributed by atoms with Gasteiger partial charge in [0.15, 0.2) is 0 Å². The van der Waals surface area contributed by atoms with Gasteiger partial charge in [0.25, 0.3) is 0 Å². The fourth-order valence-electron chi connectivity index (χ4n) is 1.40. The standard InChI is InChI=1S/C10H10ClN3O/c11-9-4-2-1-3-8(9)10-7-12-13-14(10)5-6-15/h1-4,7,15H,5-6H2. The number of benzene rings is 1. The van der Waals surface area contributed by atoms with E-state index in [-0.39, 0.29) is 6.61 Å². The van der Waals surface area contributed by atoms with E-state index in [1.807, 2.05) is 24.3 Å². The summed E-state index contributed by atoms with van der Waals surface area (Å²) in [5, 5.41) is 17.2. The molecule has 1 heterocycles. The Balaban J connectivity index is 2.45. The average Bonchev–Trinajstić information content (AvgIpc) is 2.67. The monoisotopic (exact) mass is 223 g/mol. The molecule has 5 heteroatoms. The Morgan fingerprint density at radius 2 is 2.13 bits per heavy atom. The molecule has 0 aliphatic carbocycles. The number of aliphatic hydroxyl groups is 1. The van der Waals surface area contributed by atoms with E-state index in [9.17, 15) is 0 Å². The first-order valence-corrected chi connectivity index (χ1v) is 4.95. The number of halogens is 1. The second-order valence-electron chi connectivity index (χ2n) is 3.05. The molecule has 1 N–H and O–H groups in total. The normalized spacial score (nSPS) is 10.5. The number of hydrogen-bond donors (Lipinski definition) is 1. The van der Waals surface area contributed by atoms with Crippen LogP contribution in [-0.2, 0) is 6.54 Å². The van der Waals surface area contributed by atoms with Gasteiger partial charge in [-0.1, -0.05) is 35.0 Å². The summed E-state index contributed by atoms with van der Waals surface area (Å²) in [6.45, 7) is 0.446. The summed E-state index contributed by atoms with van der Waals surface area (Å²) in [4.78, 5) is 0. The van der Waals surface area contributed by atoms with Gasteiger partial charge in [-0.3, -0.25) is 0 Å². The van der Waals surface area contributed by atoms with Gasteiger partial charge in [0.2, 0.25) is 0 Å². The predicted molar refractivity (Wildman–Crippen MR) is 57.6 cm³/mol. The van der Waals surface area contributed by atoms with Crippen LogP contribution in [0, 0.1) is 0 Å². The van der Waals surface area contributed by atoms with Crippen molar-refractivity contribution in [3.05, 3.63) is 35.5 Å². The molecule has 4 nitrogen and oxygen atoms in total. The van der Waals surface area contributed by atoms with Gasteiger partial charge in [0, 0.05) is 5.56 Å². The van der Waals surface area contributed by atoms with Crippen molar-refractivity contribution in [3.63, 3.8) is 0 Å². The Morgan fingerprint density at radius 1 is 1.33 bits per heavy atom. The van der Waals surface area contributed by atoms with Gasteiger partial charge in [-0.15, -0.1) is 5.10 Å². The maximum atomic E-state index is 8.86. The Bertz CT molecular complexity index is 455. The fraction of sp³-hybridized carbons (Fsp3) is 0.200. The van der Waals surface area contributed by atoms with Gasteiger partial charge >= 0.3 is 0 Å². The third-order valence-electron chi connectivity index (χ3n) is 2.08. The van der Waals surface area contributed by atoms with Crippen LogP contribution < -0.4 is 0 Å². The number of nitrogens with zero attached hydrogens (tertiary/aromatic N) is 3. The van der Waals surface area contributed by atoms with Crippen LogP contribution in [0.3, 0.4) is 0 Å². The lowest BCUT2D eigenvalue weighted by Crippen LogP contribution is -2.05. The molecule has 0 unspecified atom stereocenters. The molecule has 15 heavy (non-hydrogen) atoms. The van der Waals surface area contributed by atoms with Gasteiger partial charge < -0.3 is 5.11 Å². The summed E-state index contributed by atoms with van der Waals surface area (Å²) in [6, 6.07) is 7.48. The molecule has 0 aliphatic heterocycles. The van der Waals surface area contributed by atoms with Crippen molar-refractivity contribution in [2.45, 2.75) is 6.54 Å². The largest absolute Gasteiger partial charge is 0.394 e. The average molecular weight is 224 g/mol. The number of aromatic nitrogens is 3. The van der Waals surface area contributed by atoms with E-state index in [1.165, 1.54) is 0 Å².